The van der Waals surface area contributed by atoms with E-state index >= 15 is 0 Å². The number of anilines is 1. The monoisotopic (exact) mass is 447 g/mol. The second-order valence-corrected chi connectivity index (χ2v) is 9.04. The van der Waals surface area contributed by atoms with Gasteiger partial charge in [0.1, 0.15) is 6.54 Å². The predicted octanol–water partition coefficient (Wildman–Crippen LogP) is 2.06. The number of benzene rings is 2. The first-order valence-corrected chi connectivity index (χ1v) is 11.6. The number of carbonyl (C=O) groups is 1. The van der Waals surface area contributed by atoms with Gasteiger partial charge in [0.15, 0.2) is 11.5 Å². The molecule has 0 aromatic heterocycles. The van der Waals surface area contributed by atoms with Crippen LogP contribution in [0, 0.1) is 0 Å². The fourth-order valence-electron chi connectivity index (χ4n) is 3.55. The van der Waals surface area contributed by atoms with Gasteiger partial charge in [-0.25, -0.2) is 8.42 Å². The van der Waals surface area contributed by atoms with Crippen molar-refractivity contribution < 1.29 is 22.7 Å². The number of ether oxygens (including phenoxy) is 2. The molecule has 2 aromatic carbocycles. The quantitative estimate of drug-likeness (QED) is 0.616. The molecule has 1 heterocycles. The Hall–Kier alpha value is -2.78. The molecule has 0 N–H and O–H groups in total. The molecule has 0 bridgehead atoms. The Morgan fingerprint density at radius 2 is 1.61 bits per heavy atom. The smallest absolute Gasteiger partial charge is 0.264 e. The van der Waals surface area contributed by atoms with Gasteiger partial charge in [-0.3, -0.25) is 9.10 Å². The molecule has 0 unspecified atom stereocenters. The van der Waals surface area contributed by atoms with Crippen LogP contribution in [0.15, 0.2) is 53.4 Å². The van der Waals surface area contributed by atoms with E-state index in [1.165, 1.54) is 26.4 Å². The molecule has 0 aliphatic carbocycles. The Morgan fingerprint density at radius 3 is 2.19 bits per heavy atom. The highest BCUT2D eigenvalue weighted by Crippen LogP contribution is 2.33. The third-order valence-electron chi connectivity index (χ3n) is 5.44. The number of nitrogens with zero attached hydrogens (tertiary/aromatic N) is 3. The third-order valence-corrected chi connectivity index (χ3v) is 7.23. The normalized spacial score (nSPS) is 14.9. The summed E-state index contributed by atoms with van der Waals surface area (Å²) in [5.41, 5.74) is 0.335. The van der Waals surface area contributed by atoms with Gasteiger partial charge in [-0.15, -0.1) is 0 Å². The van der Waals surface area contributed by atoms with Crippen molar-refractivity contribution in [1.29, 1.82) is 0 Å². The molecule has 1 saturated heterocycles. The van der Waals surface area contributed by atoms with Crippen molar-refractivity contribution in [1.82, 2.24) is 9.80 Å². The fraction of sp³-hybridized carbons (Fsp3) is 0.409. The molecule has 1 fully saturated rings. The molecule has 0 saturated carbocycles. The molecule has 0 radical (unpaired) electrons. The van der Waals surface area contributed by atoms with Crippen LogP contribution < -0.4 is 13.8 Å². The molecule has 0 atom stereocenters. The zero-order valence-corrected chi connectivity index (χ0v) is 19.0. The van der Waals surface area contributed by atoms with Crippen molar-refractivity contribution in [3.63, 3.8) is 0 Å². The number of carbonyl (C=O) groups excluding carboxylic acids is 1. The lowest BCUT2D eigenvalue weighted by atomic mass is 10.2. The van der Waals surface area contributed by atoms with Crippen LogP contribution in [0.25, 0.3) is 0 Å². The van der Waals surface area contributed by atoms with Gasteiger partial charge in [0.05, 0.1) is 24.8 Å². The van der Waals surface area contributed by atoms with E-state index in [9.17, 15) is 13.2 Å². The number of rotatable bonds is 8. The van der Waals surface area contributed by atoms with Crippen LogP contribution in [0.3, 0.4) is 0 Å². The van der Waals surface area contributed by atoms with Crippen LogP contribution in [-0.2, 0) is 14.8 Å². The Bertz CT molecular complexity index is 989. The highest BCUT2D eigenvalue weighted by atomic mass is 32.2. The van der Waals surface area contributed by atoms with E-state index in [2.05, 4.69) is 11.8 Å². The molecule has 3 rings (SSSR count). The van der Waals surface area contributed by atoms with Crippen LogP contribution in [0.1, 0.15) is 6.92 Å². The summed E-state index contributed by atoms with van der Waals surface area (Å²) >= 11 is 0. The average Bonchev–Trinajstić information content (AvgIpc) is 2.82. The van der Waals surface area contributed by atoms with Crippen LogP contribution in [0.4, 0.5) is 5.69 Å². The Balaban J connectivity index is 1.94. The van der Waals surface area contributed by atoms with E-state index in [1.54, 1.807) is 41.3 Å². The van der Waals surface area contributed by atoms with Gasteiger partial charge < -0.3 is 19.3 Å². The van der Waals surface area contributed by atoms with Crippen LogP contribution >= 0.6 is 0 Å². The number of methoxy groups -OCH3 is 2. The standard InChI is InChI=1S/C22H29N3O5S/c1-4-23-12-14-24(15-13-23)22(26)17-25(31(27,28)19-8-6-5-7-9-19)18-10-11-20(29-2)21(16-18)30-3/h5-11,16H,4,12-15,17H2,1-3H3. The molecule has 1 aliphatic heterocycles. The first-order chi connectivity index (χ1) is 14.9. The van der Waals surface area contributed by atoms with Crippen LogP contribution in [0.2, 0.25) is 0 Å². The summed E-state index contributed by atoms with van der Waals surface area (Å²) in [5, 5.41) is 0. The van der Waals surface area contributed by atoms with E-state index in [0.717, 1.165) is 23.9 Å². The summed E-state index contributed by atoms with van der Waals surface area (Å²) in [6.07, 6.45) is 0. The zero-order chi connectivity index (χ0) is 22.4. The fourth-order valence-corrected chi connectivity index (χ4v) is 4.98. The molecule has 2 aromatic rings. The van der Waals surface area contributed by atoms with Gasteiger partial charge in [0.25, 0.3) is 10.0 Å². The third kappa shape index (κ3) is 5.11. The lowest BCUT2D eigenvalue weighted by Gasteiger charge is -2.35. The first-order valence-electron chi connectivity index (χ1n) is 10.2. The van der Waals surface area contributed by atoms with Crippen molar-refractivity contribution in [3.8, 4) is 11.5 Å². The van der Waals surface area contributed by atoms with E-state index in [0.29, 0.717) is 30.3 Å². The van der Waals surface area contributed by atoms with Crippen molar-refractivity contribution in [2.45, 2.75) is 11.8 Å². The molecule has 8 nitrogen and oxygen atoms in total. The minimum Gasteiger partial charge on any atom is -0.493 e. The summed E-state index contributed by atoms with van der Waals surface area (Å²) < 4.78 is 38.7. The van der Waals surface area contributed by atoms with Gasteiger partial charge in [0, 0.05) is 32.2 Å². The molecular weight excluding hydrogens is 418 g/mol. The van der Waals surface area contributed by atoms with E-state index in [4.69, 9.17) is 9.47 Å². The Morgan fingerprint density at radius 1 is 0.968 bits per heavy atom. The van der Waals surface area contributed by atoms with Crippen molar-refractivity contribution in [2.24, 2.45) is 0 Å². The predicted molar refractivity (Wildman–Crippen MR) is 119 cm³/mol. The van der Waals surface area contributed by atoms with E-state index < -0.39 is 10.0 Å². The Kier molecular flexibility index (Phi) is 7.40. The maximum Gasteiger partial charge on any atom is 0.264 e. The minimum atomic E-state index is -3.97. The van der Waals surface area contributed by atoms with Crippen LogP contribution in [0.5, 0.6) is 11.5 Å². The molecule has 31 heavy (non-hydrogen) atoms. The number of sulfonamides is 1. The molecule has 9 heteroatoms. The summed E-state index contributed by atoms with van der Waals surface area (Å²) in [5.74, 6) is 0.632. The summed E-state index contributed by atoms with van der Waals surface area (Å²) in [4.78, 5) is 17.2. The first kappa shape index (κ1) is 22.9. The summed E-state index contributed by atoms with van der Waals surface area (Å²) in [6.45, 7) is 5.45. The molecule has 1 amide bonds. The molecule has 1 aliphatic rings. The second kappa shape index (κ2) is 10.0. The van der Waals surface area contributed by atoms with Crippen molar-refractivity contribution >= 4 is 21.6 Å². The van der Waals surface area contributed by atoms with Crippen LogP contribution in [-0.4, -0.2) is 77.6 Å². The molecule has 0 spiro atoms. The average molecular weight is 448 g/mol. The zero-order valence-electron chi connectivity index (χ0n) is 18.2. The lowest BCUT2D eigenvalue weighted by molar-refractivity contribution is -0.131. The summed E-state index contributed by atoms with van der Waals surface area (Å²) in [6, 6.07) is 12.9. The number of hydrogen-bond acceptors (Lipinski definition) is 6. The summed E-state index contributed by atoms with van der Waals surface area (Å²) in [7, 11) is -0.977. The van der Waals surface area contributed by atoms with Gasteiger partial charge in [-0.2, -0.15) is 0 Å². The number of amides is 1. The maximum atomic E-state index is 13.5. The second-order valence-electron chi connectivity index (χ2n) is 7.18. The molecule has 168 valence electrons. The minimum absolute atomic E-state index is 0.119. The van der Waals surface area contributed by atoms with Gasteiger partial charge in [-0.1, -0.05) is 25.1 Å². The van der Waals surface area contributed by atoms with Gasteiger partial charge in [-0.05, 0) is 30.8 Å². The topological polar surface area (TPSA) is 79.4 Å². The van der Waals surface area contributed by atoms with Crippen molar-refractivity contribution in [2.75, 3.05) is 57.8 Å². The van der Waals surface area contributed by atoms with Gasteiger partial charge in [0.2, 0.25) is 5.91 Å². The largest absolute Gasteiger partial charge is 0.493 e. The van der Waals surface area contributed by atoms with E-state index in [1.807, 2.05) is 0 Å². The highest BCUT2D eigenvalue weighted by molar-refractivity contribution is 7.92. The maximum absolute atomic E-state index is 13.5. The number of likely N-dealkylation sites (N-methyl/N-ethyl adjacent to an activating group) is 1. The molecular formula is C22H29N3O5S. The highest BCUT2D eigenvalue weighted by Gasteiger charge is 2.30. The van der Waals surface area contributed by atoms with Gasteiger partial charge >= 0.3 is 0 Å². The Labute approximate surface area is 184 Å². The van der Waals surface area contributed by atoms with E-state index in [-0.39, 0.29) is 17.3 Å². The number of hydrogen-bond donors (Lipinski definition) is 0. The lowest BCUT2D eigenvalue weighted by Crippen LogP contribution is -2.51. The SMILES string of the molecule is CCN1CCN(C(=O)CN(c2ccc(OC)c(OC)c2)S(=O)(=O)c2ccccc2)CC1. The van der Waals surface area contributed by atoms with Crippen molar-refractivity contribution in [3.05, 3.63) is 48.5 Å². The number of piperazine rings is 1.